The Hall–Kier alpha value is -2.09. The lowest BCUT2D eigenvalue weighted by molar-refractivity contribution is 0.593. The van der Waals surface area contributed by atoms with Crippen LogP contribution in [0.15, 0.2) is 53.5 Å². The fraction of sp³-hybridized carbons (Fsp3) is 0.235. The molecule has 0 saturated heterocycles. The minimum atomic E-state index is 0.00916. The molecule has 0 bridgehead atoms. The summed E-state index contributed by atoms with van der Waals surface area (Å²) in [5, 5.41) is 3.49. The molecule has 0 saturated carbocycles. The zero-order valence-electron chi connectivity index (χ0n) is 11.6. The van der Waals surface area contributed by atoms with Gasteiger partial charge in [0.25, 0.3) is 0 Å². The first-order chi connectivity index (χ1) is 9.05. The van der Waals surface area contributed by atoms with Gasteiger partial charge in [-0.05, 0) is 18.2 Å². The van der Waals surface area contributed by atoms with Gasteiger partial charge in [-0.25, -0.2) is 0 Å². The molecule has 2 heteroatoms. The minimum Gasteiger partial charge on any atom is -0.353 e. The quantitative estimate of drug-likeness (QED) is 0.705. The molecule has 1 aliphatic rings. The summed E-state index contributed by atoms with van der Waals surface area (Å²) in [6.07, 6.45) is 0. The number of fused-ring (bicyclic) bond motifs is 2. The van der Waals surface area contributed by atoms with Crippen LogP contribution in [0.25, 0.3) is 0 Å². The van der Waals surface area contributed by atoms with Gasteiger partial charge in [0.1, 0.15) is 0 Å². The highest BCUT2D eigenvalue weighted by Gasteiger charge is 2.25. The van der Waals surface area contributed by atoms with Gasteiger partial charge in [-0.2, -0.15) is 0 Å². The SMILES string of the molecule is CC(C)(C)C1=Nc2ccccc2Nc2ccccc21. The summed E-state index contributed by atoms with van der Waals surface area (Å²) < 4.78 is 0. The van der Waals surface area contributed by atoms with Gasteiger partial charge in [0.2, 0.25) is 0 Å². The summed E-state index contributed by atoms with van der Waals surface area (Å²) in [5.41, 5.74) is 5.51. The number of nitrogens with zero attached hydrogens (tertiary/aromatic N) is 1. The van der Waals surface area contributed by atoms with Crippen molar-refractivity contribution in [1.82, 2.24) is 0 Å². The summed E-state index contributed by atoms with van der Waals surface area (Å²) in [4.78, 5) is 4.91. The highest BCUT2D eigenvalue weighted by molar-refractivity contribution is 6.11. The average Bonchev–Trinajstić information content (AvgIpc) is 2.54. The summed E-state index contributed by atoms with van der Waals surface area (Å²) in [7, 11) is 0. The second kappa shape index (κ2) is 4.23. The topological polar surface area (TPSA) is 24.4 Å². The van der Waals surface area contributed by atoms with E-state index in [4.69, 9.17) is 4.99 Å². The van der Waals surface area contributed by atoms with E-state index in [1.54, 1.807) is 0 Å². The lowest BCUT2D eigenvalue weighted by Crippen LogP contribution is -2.21. The van der Waals surface area contributed by atoms with Crippen LogP contribution in [0.1, 0.15) is 26.3 Å². The standard InChI is InChI=1S/C17H18N2/c1-17(2,3)16-12-8-4-5-9-13(12)18-14-10-6-7-11-15(14)19-16/h4-11,18H,1-3H3. The van der Waals surface area contributed by atoms with Crippen LogP contribution in [-0.4, -0.2) is 5.71 Å². The van der Waals surface area contributed by atoms with E-state index >= 15 is 0 Å². The molecular weight excluding hydrogens is 232 g/mol. The molecule has 0 fully saturated rings. The first-order valence-electron chi connectivity index (χ1n) is 6.60. The van der Waals surface area contributed by atoms with Crippen LogP contribution < -0.4 is 5.32 Å². The molecule has 0 aliphatic carbocycles. The Morgan fingerprint density at radius 3 is 2.21 bits per heavy atom. The molecule has 3 rings (SSSR count). The second-order valence-electron chi connectivity index (χ2n) is 5.90. The molecule has 19 heavy (non-hydrogen) atoms. The molecule has 0 spiro atoms. The molecule has 0 unspecified atom stereocenters. The molecule has 0 amide bonds. The third-order valence-corrected chi connectivity index (χ3v) is 3.30. The molecule has 2 aromatic carbocycles. The van der Waals surface area contributed by atoms with Gasteiger partial charge in [-0.3, -0.25) is 4.99 Å². The Morgan fingerprint density at radius 1 is 0.842 bits per heavy atom. The number of benzene rings is 2. The van der Waals surface area contributed by atoms with Crippen molar-refractivity contribution in [2.45, 2.75) is 20.8 Å². The van der Waals surface area contributed by atoms with Crippen molar-refractivity contribution >= 4 is 22.8 Å². The van der Waals surface area contributed by atoms with E-state index in [9.17, 15) is 0 Å². The van der Waals surface area contributed by atoms with Crippen LogP contribution >= 0.6 is 0 Å². The Balaban J connectivity index is 2.29. The first-order valence-corrected chi connectivity index (χ1v) is 6.60. The lowest BCUT2D eigenvalue weighted by atomic mass is 9.85. The van der Waals surface area contributed by atoms with Crippen LogP contribution in [0.4, 0.5) is 17.1 Å². The Labute approximate surface area is 114 Å². The average molecular weight is 250 g/mol. The summed E-state index contributed by atoms with van der Waals surface area (Å²) in [5.74, 6) is 0. The monoisotopic (exact) mass is 250 g/mol. The Kier molecular flexibility index (Phi) is 2.67. The van der Waals surface area contributed by atoms with E-state index in [1.807, 2.05) is 12.1 Å². The summed E-state index contributed by atoms with van der Waals surface area (Å²) >= 11 is 0. The number of aliphatic imine (C=N–C) groups is 1. The van der Waals surface area contributed by atoms with E-state index in [0.717, 1.165) is 22.8 Å². The molecular formula is C17H18N2. The van der Waals surface area contributed by atoms with Crippen molar-refractivity contribution in [1.29, 1.82) is 0 Å². The van der Waals surface area contributed by atoms with Crippen molar-refractivity contribution < 1.29 is 0 Å². The fourth-order valence-electron chi connectivity index (χ4n) is 2.37. The van der Waals surface area contributed by atoms with Gasteiger partial charge in [-0.15, -0.1) is 0 Å². The number of hydrogen-bond acceptors (Lipinski definition) is 2. The molecule has 0 atom stereocenters. The van der Waals surface area contributed by atoms with Crippen molar-refractivity contribution in [2.24, 2.45) is 10.4 Å². The predicted molar refractivity (Wildman–Crippen MR) is 81.8 cm³/mol. The van der Waals surface area contributed by atoms with Gasteiger partial charge < -0.3 is 5.32 Å². The highest BCUT2D eigenvalue weighted by Crippen LogP contribution is 2.37. The lowest BCUT2D eigenvalue weighted by Gasteiger charge is -2.22. The number of rotatable bonds is 0. The summed E-state index contributed by atoms with van der Waals surface area (Å²) in [6.45, 7) is 6.61. The molecule has 1 aliphatic heterocycles. The fourth-order valence-corrected chi connectivity index (χ4v) is 2.37. The first kappa shape index (κ1) is 12.0. The van der Waals surface area contributed by atoms with Crippen LogP contribution in [0.5, 0.6) is 0 Å². The van der Waals surface area contributed by atoms with Crippen LogP contribution in [0.3, 0.4) is 0 Å². The number of para-hydroxylation sites is 3. The normalized spacial score (nSPS) is 13.7. The van der Waals surface area contributed by atoms with Crippen molar-refractivity contribution in [3.63, 3.8) is 0 Å². The van der Waals surface area contributed by atoms with Gasteiger partial charge >= 0.3 is 0 Å². The maximum atomic E-state index is 4.91. The molecule has 2 nitrogen and oxygen atoms in total. The highest BCUT2D eigenvalue weighted by atomic mass is 14.9. The summed E-state index contributed by atoms with van der Waals surface area (Å²) in [6, 6.07) is 16.6. The number of nitrogens with one attached hydrogen (secondary N) is 1. The number of anilines is 2. The molecule has 96 valence electrons. The third-order valence-electron chi connectivity index (χ3n) is 3.30. The van der Waals surface area contributed by atoms with E-state index < -0.39 is 0 Å². The largest absolute Gasteiger partial charge is 0.353 e. The van der Waals surface area contributed by atoms with Crippen LogP contribution in [0.2, 0.25) is 0 Å². The molecule has 0 aromatic heterocycles. The Morgan fingerprint density at radius 2 is 1.47 bits per heavy atom. The molecule has 2 aromatic rings. The smallest absolute Gasteiger partial charge is 0.0868 e. The van der Waals surface area contributed by atoms with E-state index in [2.05, 4.69) is 62.5 Å². The van der Waals surface area contributed by atoms with Gasteiger partial charge in [0.15, 0.2) is 0 Å². The van der Waals surface area contributed by atoms with E-state index in [1.165, 1.54) is 5.56 Å². The maximum Gasteiger partial charge on any atom is 0.0868 e. The molecule has 0 radical (unpaired) electrons. The van der Waals surface area contributed by atoms with Crippen molar-refractivity contribution in [2.75, 3.05) is 5.32 Å². The predicted octanol–water partition coefficient (Wildman–Crippen LogP) is 4.91. The zero-order chi connectivity index (χ0) is 13.5. The van der Waals surface area contributed by atoms with Gasteiger partial charge in [0, 0.05) is 16.7 Å². The van der Waals surface area contributed by atoms with Gasteiger partial charge in [-0.1, -0.05) is 51.1 Å². The van der Waals surface area contributed by atoms with Crippen LogP contribution in [-0.2, 0) is 0 Å². The van der Waals surface area contributed by atoms with Crippen molar-refractivity contribution in [3.8, 4) is 0 Å². The van der Waals surface area contributed by atoms with E-state index in [0.29, 0.717) is 0 Å². The Bertz CT molecular complexity index is 648. The molecule has 1 N–H and O–H groups in total. The van der Waals surface area contributed by atoms with E-state index in [-0.39, 0.29) is 5.41 Å². The number of hydrogen-bond donors (Lipinski definition) is 1. The van der Waals surface area contributed by atoms with Gasteiger partial charge in [0.05, 0.1) is 17.1 Å². The molecule has 1 heterocycles. The maximum absolute atomic E-state index is 4.91. The van der Waals surface area contributed by atoms with Crippen molar-refractivity contribution in [3.05, 3.63) is 54.1 Å². The zero-order valence-corrected chi connectivity index (χ0v) is 11.6. The minimum absolute atomic E-state index is 0.00916. The third kappa shape index (κ3) is 2.14. The second-order valence-corrected chi connectivity index (χ2v) is 5.90. The van der Waals surface area contributed by atoms with Crippen LogP contribution in [0, 0.1) is 5.41 Å².